The highest BCUT2D eigenvalue weighted by Crippen LogP contribution is 2.28. The van der Waals surface area contributed by atoms with Crippen LogP contribution < -0.4 is 11.1 Å². The molecule has 0 atom stereocenters. The number of amides is 1. The molecule has 0 aliphatic rings. The second-order valence-corrected chi connectivity index (χ2v) is 3.56. The van der Waals surface area contributed by atoms with E-state index in [9.17, 15) is 9.90 Å². The summed E-state index contributed by atoms with van der Waals surface area (Å²) in [4.78, 5) is 11.3. The Morgan fingerprint density at radius 2 is 2.13 bits per heavy atom. The molecule has 4 N–H and O–H groups in total. The summed E-state index contributed by atoms with van der Waals surface area (Å²) in [7, 11) is 0. The largest absolute Gasteiger partial charge is 0.505 e. The van der Waals surface area contributed by atoms with E-state index < -0.39 is 0 Å². The van der Waals surface area contributed by atoms with Gasteiger partial charge in [-0.05, 0) is 31.0 Å². The van der Waals surface area contributed by atoms with Gasteiger partial charge in [0.25, 0.3) is 0 Å². The van der Waals surface area contributed by atoms with Crippen LogP contribution in [-0.2, 0) is 4.79 Å². The lowest BCUT2D eigenvalue weighted by Crippen LogP contribution is -2.16. The van der Waals surface area contributed by atoms with Crippen molar-refractivity contribution in [2.75, 3.05) is 11.9 Å². The summed E-state index contributed by atoms with van der Waals surface area (Å²) in [5.41, 5.74) is 7.45. The molecule has 1 rings (SSSR count). The molecule has 0 aliphatic heterocycles. The summed E-state index contributed by atoms with van der Waals surface area (Å²) in [5.74, 6) is -0.0660. The van der Waals surface area contributed by atoms with E-state index in [0.29, 0.717) is 12.2 Å². The number of carbonyl (C=O) groups excluding carboxylic acids is 1. The van der Waals surface area contributed by atoms with Crippen LogP contribution in [0.5, 0.6) is 5.75 Å². The molecule has 0 spiro atoms. The summed E-state index contributed by atoms with van der Waals surface area (Å²) in [6.45, 7) is 4.00. The van der Waals surface area contributed by atoms with Crippen LogP contribution in [0.3, 0.4) is 0 Å². The lowest BCUT2D eigenvalue weighted by molar-refractivity contribution is -0.116. The third kappa shape index (κ3) is 2.95. The van der Waals surface area contributed by atoms with Crippen LogP contribution >= 0.6 is 0 Å². The zero-order valence-electron chi connectivity index (χ0n) is 9.00. The normalized spacial score (nSPS) is 10.1. The van der Waals surface area contributed by atoms with Gasteiger partial charge in [0.15, 0.2) is 0 Å². The fourth-order valence-electron chi connectivity index (χ4n) is 1.40. The predicted octanol–water partition coefficient (Wildman–Crippen LogP) is 1.30. The Morgan fingerprint density at radius 1 is 1.47 bits per heavy atom. The molecule has 0 saturated carbocycles. The van der Waals surface area contributed by atoms with Crippen LogP contribution in [-0.4, -0.2) is 17.6 Å². The van der Waals surface area contributed by atoms with Crippen molar-refractivity contribution in [2.45, 2.75) is 20.3 Å². The van der Waals surface area contributed by atoms with Crippen molar-refractivity contribution in [3.63, 3.8) is 0 Å². The van der Waals surface area contributed by atoms with E-state index in [1.807, 2.05) is 13.0 Å². The zero-order valence-corrected chi connectivity index (χ0v) is 9.00. The summed E-state index contributed by atoms with van der Waals surface area (Å²) in [6.07, 6.45) is 0.256. The van der Waals surface area contributed by atoms with Gasteiger partial charge in [-0.2, -0.15) is 0 Å². The van der Waals surface area contributed by atoms with Crippen molar-refractivity contribution in [1.29, 1.82) is 0 Å². The van der Waals surface area contributed by atoms with E-state index in [-0.39, 0.29) is 18.1 Å². The summed E-state index contributed by atoms with van der Waals surface area (Å²) >= 11 is 0. The molecule has 15 heavy (non-hydrogen) atoms. The van der Waals surface area contributed by atoms with Crippen molar-refractivity contribution >= 4 is 11.6 Å². The Balaban J connectivity index is 2.89. The third-order valence-corrected chi connectivity index (χ3v) is 2.09. The Hall–Kier alpha value is -1.55. The number of benzene rings is 1. The quantitative estimate of drug-likeness (QED) is 0.655. The SMILES string of the molecule is Cc1cc(C)c(O)c(NC(=O)CCN)c1. The second-order valence-electron chi connectivity index (χ2n) is 3.56. The Labute approximate surface area is 89.1 Å². The predicted molar refractivity (Wildman–Crippen MR) is 59.9 cm³/mol. The molecule has 1 aromatic carbocycles. The van der Waals surface area contributed by atoms with Crippen LogP contribution in [0.4, 0.5) is 5.69 Å². The van der Waals surface area contributed by atoms with E-state index in [2.05, 4.69) is 5.32 Å². The van der Waals surface area contributed by atoms with Gasteiger partial charge in [0.05, 0.1) is 5.69 Å². The fraction of sp³-hybridized carbons (Fsp3) is 0.364. The number of nitrogens with one attached hydrogen (secondary N) is 1. The van der Waals surface area contributed by atoms with E-state index in [1.54, 1.807) is 13.0 Å². The molecule has 0 saturated heterocycles. The number of anilines is 1. The summed E-state index contributed by atoms with van der Waals surface area (Å²) in [5, 5.41) is 12.3. The van der Waals surface area contributed by atoms with Gasteiger partial charge in [0.1, 0.15) is 5.75 Å². The van der Waals surface area contributed by atoms with Gasteiger partial charge in [-0.3, -0.25) is 4.79 Å². The Bertz CT molecular complexity index is 375. The third-order valence-electron chi connectivity index (χ3n) is 2.09. The number of phenolic OH excluding ortho intramolecular Hbond substituents is 1. The van der Waals surface area contributed by atoms with Gasteiger partial charge >= 0.3 is 0 Å². The maximum atomic E-state index is 11.3. The van der Waals surface area contributed by atoms with Gasteiger partial charge in [-0.1, -0.05) is 6.07 Å². The average molecular weight is 208 g/mol. The van der Waals surface area contributed by atoms with Gasteiger partial charge in [-0.15, -0.1) is 0 Å². The molecular formula is C11H16N2O2. The molecule has 0 radical (unpaired) electrons. The highest BCUT2D eigenvalue weighted by atomic mass is 16.3. The lowest BCUT2D eigenvalue weighted by atomic mass is 10.1. The lowest BCUT2D eigenvalue weighted by Gasteiger charge is -2.10. The number of rotatable bonds is 3. The molecule has 82 valence electrons. The van der Waals surface area contributed by atoms with Crippen LogP contribution in [0.25, 0.3) is 0 Å². The van der Waals surface area contributed by atoms with Gasteiger partial charge in [0, 0.05) is 13.0 Å². The van der Waals surface area contributed by atoms with Crippen molar-refractivity contribution in [1.82, 2.24) is 0 Å². The summed E-state index contributed by atoms with van der Waals surface area (Å²) < 4.78 is 0. The maximum absolute atomic E-state index is 11.3. The average Bonchev–Trinajstić information content (AvgIpc) is 2.13. The fourth-order valence-corrected chi connectivity index (χ4v) is 1.40. The first-order chi connectivity index (χ1) is 7.04. The smallest absolute Gasteiger partial charge is 0.225 e. The molecular weight excluding hydrogens is 192 g/mol. The number of carbonyl (C=O) groups is 1. The van der Waals surface area contributed by atoms with Crippen LogP contribution in [0.1, 0.15) is 17.5 Å². The Morgan fingerprint density at radius 3 is 2.73 bits per heavy atom. The van der Waals surface area contributed by atoms with E-state index in [1.165, 1.54) is 0 Å². The molecule has 0 fully saturated rings. The monoisotopic (exact) mass is 208 g/mol. The number of aryl methyl sites for hydroxylation is 2. The van der Waals surface area contributed by atoms with Crippen LogP contribution in [0, 0.1) is 13.8 Å². The van der Waals surface area contributed by atoms with Crippen molar-refractivity contribution in [2.24, 2.45) is 5.73 Å². The molecule has 0 heterocycles. The molecule has 1 aromatic rings. The first-order valence-electron chi connectivity index (χ1n) is 4.84. The maximum Gasteiger partial charge on any atom is 0.225 e. The first kappa shape index (κ1) is 11.5. The molecule has 0 bridgehead atoms. The van der Waals surface area contributed by atoms with E-state index >= 15 is 0 Å². The van der Waals surface area contributed by atoms with Crippen molar-refractivity contribution in [3.8, 4) is 5.75 Å². The highest BCUT2D eigenvalue weighted by Gasteiger charge is 2.08. The topological polar surface area (TPSA) is 75.3 Å². The highest BCUT2D eigenvalue weighted by molar-refractivity contribution is 5.92. The minimum absolute atomic E-state index is 0.117. The molecule has 4 nitrogen and oxygen atoms in total. The Kier molecular flexibility index (Phi) is 3.68. The molecule has 0 aliphatic carbocycles. The van der Waals surface area contributed by atoms with Crippen molar-refractivity contribution < 1.29 is 9.90 Å². The van der Waals surface area contributed by atoms with Gasteiger partial charge < -0.3 is 16.2 Å². The zero-order chi connectivity index (χ0) is 11.4. The number of hydrogen-bond donors (Lipinski definition) is 3. The molecule has 0 aromatic heterocycles. The standard InChI is InChI=1S/C11H16N2O2/c1-7-5-8(2)11(15)9(6-7)13-10(14)3-4-12/h5-6,15H,3-4,12H2,1-2H3,(H,13,14). The first-order valence-corrected chi connectivity index (χ1v) is 4.84. The summed E-state index contributed by atoms with van der Waals surface area (Å²) in [6, 6.07) is 3.59. The second kappa shape index (κ2) is 4.79. The minimum Gasteiger partial charge on any atom is -0.505 e. The molecule has 1 amide bonds. The number of aromatic hydroxyl groups is 1. The van der Waals surface area contributed by atoms with E-state index in [4.69, 9.17) is 5.73 Å². The van der Waals surface area contributed by atoms with Gasteiger partial charge in [0.2, 0.25) is 5.91 Å². The van der Waals surface area contributed by atoms with Crippen LogP contribution in [0.15, 0.2) is 12.1 Å². The number of hydrogen-bond acceptors (Lipinski definition) is 3. The molecule has 0 unspecified atom stereocenters. The van der Waals surface area contributed by atoms with E-state index in [0.717, 1.165) is 11.1 Å². The van der Waals surface area contributed by atoms with Crippen LogP contribution in [0.2, 0.25) is 0 Å². The minimum atomic E-state index is -0.183. The van der Waals surface area contributed by atoms with Gasteiger partial charge in [-0.25, -0.2) is 0 Å². The number of nitrogens with two attached hydrogens (primary N) is 1. The molecule has 4 heteroatoms. The number of phenols is 1. The van der Waals surface area contributed by atoms with Crippen molar-refractivity contribution in [3.05, 3.63) is 23.3 Å².